The molecule has 16 heavy (non-hydrogen) atoms. The predicted octanol–water partition coefficient (Wildman–Crippen LogP) is 0.606. The molecule has 0 radical (unpaired) electrons. The van der Waals surface area contributed by atoms with Crippen LogP contribution >= 0.6 is 11.5 Å². The Labute approximate surface area is 95.3 Å². The number of methoxy groups -OCH3 is 1. The number of hydrogen-bond donors (Lipinski definition) is 0. The predicted molar refractivity (Wildman–Crippen MR) is 61.7 cm³/mol. The van der Waals surface area contributed by atoms with Crippen LogP contribution in [0.5, 0.6) is 5.75 Å². The second kappa shape index (κ2) is 3.97. The zero-order chi connectivity index (χ0) is 11.7. The van der Waals surface area contributed by atoms with Crippen molar-refractivity contribution in [1.82, 2.24) is 8.52 Å². The smallest absolute Gasteiger partial charge is 0.345 e. The van der Waals surface area contributed by atoms with Crippen LogP contribution in [0.3, 0.4) is 0 Å². The van der Waals surface area contributed by atoms with Crippen molar-refractivity contribution in [3.63, 3.8) is 0 Å². The van der Waals surface area contributed by atoms with Gasteiger partial charge in [-0.15, -0.1) is 0 Å². The molecule has 1 heterocycles. The number of hydrogen-bond acceptors (Lipinski definition) is 4. The van der Waals surface area contributed by atoms with Crippen LogP contribution in [0.4, 0.5) is 0 Å². The van der Waals surface area contributed by atoms with Crippen LogP contribution in [0.25, 0.3) is 5.69 Å². The number of ether oxygens (including phenoxy) is 1. The van der Waals surface area contributed by atoms with E-state index < -0.39 is 0 Å². The van der Waals surface area contributed by atoms with Gasteiger partial charge in [0.2, 0.25) is 0 Å². The lowest BCUT2D eigenvalue weighted by Gasteiger charge is -2.02. The van der Waals surface area contributed by atoms with Gasteiger partial charge >= 0.3 is 10.6 Å². The van der Waals surface area contributed by atoms with Crippen LogP contribution in [0, 0.1) is 0 Å². The first-order valence-electron chi connectivity index (χ1n) is 4.57. The van der Waals surface area contributed by atoms with E-state index >= 15 is 0 Å². The molecule has 0 bridgehead atoms. The van der Waals surface area contributed by atoms with Crippen molar-refractivity contribution in [2.24, 2.45) is 7.05 Å². The van der Waals surface area contributed by atoms with Crippen molar-refractivity contribution in [2.75, 3.05) is 7.11 Å². The second-order valence-electron chi connectivity index (χ2n) is 3.19. The van der Waals surface area contributed by atoms with Gasteiger partial charge in [-0.3, -0.25) is 9.36 Å². The molecule has 2 aromatic rings. The SMILES string of the molecule is COc1cccc(-n2sc(=O)n(C)c2=O)c1. The summed E-state index contributed by atoms with van der Waals surface area (Å²) < 4.78 is 7.47. The van der Waals surface area contributed by atoms with Crippen molar-refractivity contribution < 1.29 is 4.74 Å². The fraction of sp³-hybridized carbons (Fsp3) is 0.200. The minimum absolute atomic E-state index is 0.284. The molecule has 0 saturated carbocycles. The van der Waals surface area contributed by atoms with Crippen molar-refractivity contribution >= 4 is 11.5 Å². The zero-order valence-electron chi connectivity index (χ0n) is 8.84. The molecule has 6 heteroatoms. The Morgan fingerprint density at radius 2 is 2.06 bits per heavy atom. The third-order valence-electron chi connectivity index (χ3n) is 2.19. The summed E-state index contributed by atoms with van der Waals surface area (Å²) in [5.74, 6) is 0.646. The number of aromatic nitrogens is 2. The molecule has 0 amide bonds. The van der Waals surface area contributed by atoms with Crippen molar-refractivity contribution in [3.8, 4) is 11.4 Å². The lowest BCUT2D eigenvalue weighted by atomic mass is 10.3. The molecule has 0 unspecified atom stereocenters. The largest absolute Gasteiger partial charge is 0.497 e. The Morgan fingerprint density at radius 1 is 1.31 bits per heavy atom. The maximum atomic E-state index is 11.7. The Bertz CT molecular complexity index is 623. The normalized spacial score (nSPS) is 10.4. The van der Waals surface area contributed by atoms with Crippen molar-refractivity contribution in [1.29, 1.82) is 0 Å². The van der Waals surface area contributed by atoms with Crippen molar-refractivity contribution in [2.45, 2.75) is 0 Å². The zero-order valence-corrected chi connectivity index (χ0v) is 9.65. The maximum Gasteiger partial charge on any atom is 0.345 e. The number of rotatable bonds is 2. The molecule has 0 saturated heterocycles. The molecule has 0 aliphatic carbocycles. The van der Waals surface area contributed by atoms with Crippen LogP contribution in [-0.4, -0.2) is 15.6 Å². The molecule has 2 rings (SSSR count). The second-order valence-corrected chi connectivity index (χ2v) is 4.09. The molecule has 0 spiro atoms. The summed E-state index contributed by atoms with van der Waals surface area (Å²) in [6.07, 6.45) is 0. The van der Waals surface area contributed by atoms with Gasteiger partial charge in [0.1, 0.15) is 5.75 Å². The molecule has 1 aromatic carbocycles. The van der Waals surface area contributed by atoms with E-state index in [9.17, 15) is 9.59 Å². The lowest BCUT2D eigenvalue weighted by Crippen LogP contribution is -2.25. The standard InChI is InChI=1S/C10H10N2O3S/c1-11-9(13)12(16-10(11)14)7-4-3-5-8(6-7)15-2/h3-6H,1-2H3. The lowest BCUT2D eigenvalue weighted by molar-refractivity contribution is 0.414. The van der Waals surface area contributed by atoms with Gasteiger partial charge in [0.05, 0.1) is 12.8 Å². The minimum Gasteiger partial charge on any atom is -0.497 e. The Morgan fingerprint density at radius 3 is 2.62 bits per heavy atom. The molecule has 0 aliphatic heterocycles. The molecular formula is C10H10N2O3S. The highest BCUT2D eigenvalue weighted by Crippen LogP contribution is 2.15. The van der Waals surface area contributed by atoms with E-state index in [4.69, 9.17) is 4.74 Å². The monoisotopic (exact) mass is 238 g/mol. The van der Waals surface area contributed by atoms with Crippen LogP contribution in [-0.2, 0) is 7.05 Å². The van der Waals surface area contributed by atoms with Crippen LogP contribution < -0.4 is 15.3 Å². The van der Waals surface area contributed by atoms with Crippen LogP contribution in [0.15, 0.2) is 33.9 Å². The van der Waals surface area contributed by atoms with E-state index in [1.807, 2.05) is 0 Å². The van der Waals surface area contributed by atoms with Gasteiger partial charge < -0.3 is 4.74 Å². The Kier molecular flexibility index (Phi) is 2.66. The van der Waals surface area contributed by atoms with E-state index in [-0.39, 0.29) is 10.6 Å². The summed E-state index contributed by atoms with van der Waals surface area (Å²) in [5.41, 5.74) is 0.287. The molecule has 0 atom stereocenters. The van der Waals surface area contributed by atoms with Crippen LogP contribution in [0.2, 0.25) is 0 Å². The molecule has 84 valence electrons. The highest BCUT2D eigenvalue weighted by atomic mass is 32.1. The maximum absolute atomic E-state index is 11.7. The molecule has 0 aliphatic rings. The molecule has 5 nitrogen and oxygen atoms in total. The Balaban J connectivity index is 2.63. The fourth-order valence-electron chi connectivity index (χ4n) is 1.29. The van der Waals surface area contributed by atoms with Crippen molar-refractivity contribution in [3.05, 3.63) is 44.4 Å². The summed E-state index contributed by atoms with van der Waals surface area (Å²) in [7, 11) is 3.01. The summed E-state index contributed by atoms with van der Waals surface area (Å²) in [5, 5.41) is 0. The topological polar surface area (TPSA) is 53.2 Å². The van der Waals surface area contributed by atoms with E-state index in [1.54, 1.807) is 31.4 Å². The van der Waals surface area contributed by atoms with E-state index in [1.165, 1.54) is 11.0 Å². The summed E-state index contributed by atoms with van der Waals surface area (Å²) in [6.45, 7) is 0. The van der Waals surface area contributed by atoms with Gasteiger partial charge in [-0.05, 0) is 12.1 Å². The van der Waals surface area contributed by atoms with E-state index in [0.717, 1.165) is 16.1 Å². The quantitative estimate of drug-likeness (QED) is 0.770. The minimum atomic E-state index is -0.344. The summed E-state index contributed by atoms with van der Waals surface area (Å²) in [4.78, 5) is 22.7. The summed E-state index contributed by atoms with van der Waals surface area (Å²) in [6, 6.07) is 7.00. The molecule has 0 N–H and O–H groups in total. The molecule has 1 aromatic heterocycles. The fourth-order valence-corrected chi connectivity index (χ4v) is 2.07. The van der Waals surface area contributed by atoms with Gasteiger partial charge in [0.25, 0.3) is 0 Å². The van der Waals surface area contributed by atoms with Gasteiger partial charge in [-0.1, -0.05) is 6.07 Å². The highest BCUT2D eigenvalue weighted by molar-refractivity contribution is 7.03. The number of nitrogens with zero attached hydrogens (tertiary/aromatic N) is 2. The molecule has 0 fully saturated rings. The van der Waals surface area contributed by atoms with Crippen LogP contribution in [0.1, 0.15) is 0 Å². The first-order chi connectivity index (χ1) is 7.63. The molecular weight excluding hydrogens is 228 g/mol. The first kappa shape index (κ1) is 10.7. The number of benzene rings is 1. The van der Waals surface area contributed by atoms with Gasteiger partial charge in [0.15, 0.2) is 0 Å². The van der Waals surface area contributed by atoms with Gasteiger partial charge in [-0.25, -0.2) is 8.75 Å². The third-order valence-corrected chi connectivity index (χ3v) is 3.17. The van der Waals surface area contributed by atoms with E-state index in [0.29, 0.717) is 11.4 Å². The van der Waals surface area contributed by atoms with E-state index in [2.05, 4.69) is 0 Å². The Hall–Kier alpha value is -1.82. The summed E-state index contributed by atoms with van der Waals surface area (Å²) >= 11 is 0.869. The third kappa shape index (κ3) is 1.67. The first-order valence-corrected chi connectivity index (χ1v) is 5.34. The van der Waals surface area contributed by atoms with Gasteiger partial charge in [-0.2, -0.15) is 0 Å². The average molecular weight is 238 g/mol. The highest BCUT2D eigenvalue weighted by Gasteiger charge is 2.08. The average Bonchev–Trinajstić information content (AvgIpc) is 2.57. The van der Waals surface area contributed by atoms with Gasteiger partial charge in [0, 0.05) is 24.6 Å².